The fraction of sp³-hybridized carbons (Fsp3) is 0.200. The first kappa shape index (κ1) is 20.7. The highest BCUT2D eigenvalue weighted by Gasteiger charge is 2.36. The molecule has 12 heteroatoms. The van der Waals surface area contributed by atoms with E-state index in [1.165, 1.54) is 11.4 Å². The Bertz CT molecular complexity index is 941. The zero-order valence-electron chi connectivity index (χ0n) is 13.7. The van der Waals surface area contributed by atoms with E-state index in [1.807, 2.05) is 0 Å². The quantitative estimate of drug-likeness (QED) is 0.700. The molecule has 0 saturated heterocycles. The van der Waals surface area contributed by atoms with Crippen molar-refractivity contribution in [3.8, 4) is 5.75 Å². The number of primary amides is 1. The maximum atomic E-state index is 12.9. The third-order valence-corrected chi connectivity index (χ3v) is 5.96. The van der Waals surface area contributed by atoms with E-state index in [2.05, 4.69) is 4.74 Å². The predicted octanol–water partition coefficient (Wildman–Crippen LogP) is 1.55. The van der Waals surface area contributed by atoms with Crippen LogP contribution in [-0.2, 0) is 14.8 Å². The summed E-state index contributed by atoms with van der Waals surface area (Å²) in [4.78, 5) is 23.5. The Kier molecular flexibility index (Phi) is 6.13. The maximum Gasteiger partial charge on any atom is 0.387 e. The molecule has 0 spiro atoms. The van der Waals surface area contributed by atoms with Gasteiger partial charge in [-0.05, 0) is 42.6 Å². The van der Waals surface area contributed by atoms with Crippen LogP contribution in [0.5, 0.6) is 5.75 Å². The standard InChI is InChI=1S/C15H14F2N2O6S2/c1-8(20)13(22)19(14-11(12(18)21)6-7-26-14)27(23,24)10-4-2-9(3-5-10)25-15(16)17/h2-8,15,20H,1H3,(H2,18,21). The molecule has 27 heavy (non-hydrogen) atoms. The van der Waals surface area contributed by atoms with Gasteiger partial charge < -0.3 is 15.6 Å². The van der Waals surface area contributed by atoms with Crippen LogP contribution in [0.25, 0.3) is 0 Å². The van der Waals surface area contributed by atoms with E-state index in [1.54, 1.807) is 0 Å². The molecule has 0 saturated carbocycles. The van der Waals surface area contributed by atoms with Crippen LogP contribution in [0.4, 0.5) is 13.8 Å². The van der Waals surface area contributed by atoms with Crippen molar-refractivity contribution in [1.29, 1.82) is 0 Å². The molecular formula is C15H14F2N2O6S2. The van der Waals surface area contributed by atoms with Gasteiger partial charge in [0.15, 0.2) is 0 Å². The summed E-state index contributed by atoms with van der Waals surface area (Å²) in [6.45, 7) is -2.04. The van der Waals surface area contributed by atoms with Crippen molar-refractivity contribution in [1.82, 2.24) is 0 Å². The second-order valence-electron chi connectivity index (χ2n) is 5.14. The van der Waals surface area contributed by atoms with Crippen LogP contribution in [0.1, 0.15) is 17.3 Å². The summed E-state index contributed by atoms with van der Waals surface area (Å²) in [6.07, 6.45) is -1.70. The minimum Gasteiger partial charge on any atom is -0.435 e. The van der Waals surface area contributed by atoms with E-state index < -0.39 is 39.4 Å². The Hall–Kier alpha value is -2.57. The fourth-order valence-electron chi connectivity index (χ4n) is 2.04. The summed E-state index contributed by atoms with van der Waals surface area (Å²) in [7, 11) is -4.59. The minimum atomic E-state index is -4.59. The van der Waals surface area contributed by atoms with Crippen LogP contribution in [0.3, 0.4) is 0 Å². The number of ether oxygens (including phenoxy) is 1. The zero-order chi connectivity index (χ0) is 20.4. The van der Waals surface area contributed by atoms with E-state index in [0.717, 1.165) is 42.5 Å². The molecule has 1 heterocycles. The second-order valence-corrected chi connectivity index (χ2v) is 7.82. The van der Waals surface area contributed by atoms with Crippen LogP contribution in [0.2, 0.25) is 0 Å². The van der Waals surface area contributed by atoms with Gasteiger partial charge in [-0.1, -0.05) is 0 Å². The number of thiophene rings is 1. The third-order valence-electron chi connectivity index (χ3n) is 3.24. The van der Waals surface area contributed by atoms with Crippen molar-refractivity contribution >= 4 is 38.2 Å². The van der Waals surface area contributed by atoms with Crippen LogP contribution in [0, 0.1) is 0 Å². The fourth-order valence-corrected chi connectivity index (χ4v) is 4.68. The molecule has 1 unspecified atom stereocenters. The maximum absolute atomic E-state index is 12.9. The van der Waals surface area contributed by atoms with Gasteiger partial charge in [-0.3, -0.25) is 9.59 Å². The smallest absolute Gasteiger partial charge is 0.387 e. The Morgan fingerprint density at radius 1 is 1.22 bits per heavy atom. The van der Waals surface area contributed by atoms with E-state index >= 15 is 0 Å². The highest BCUT2D eigenvalue weighted by molar-refractivity contribution is 7.93. The van der Waals surface area contributed by atoms with Crippen LogP contribution in [-0.4, -0.2) is 38.1 Å². The number of aliphatic hydroxyl groups excluding tert-OH is 1. The summed E-state index contributed by atoms with van der Waals surface area (Å²) in [6, 6.07) is 5.10. The average molecular weight is 420 g/mol. The van der Waals surface area contributed by atoms with Gasteiger partial charge in [-0.2, -0.15) is 13.1 Å². The molecule has 3 N–H and O–H groups in total. The topological polar surface area (TPSA) is 127 Å². The van der Waals surface area contributed by atoms with E-state index in [-0.39, 0.29) is 20.6 Å². The number of carbonyl (C=O) groups is 2. The molecule has 0 aliphatic rings. The van der Waals surface area contributed by atoms with Gasteiger partial charge in [0.2, 0.25) is 0 Å². The minimum absolute atomic E-state index is 0.227. The number of hydrogen-bond donors (Lipinski definition) is 2. The predicted molar refractivity (Wildman–Crippen MR) is 92.3 cm³/mol. The lowest BCUT2D eigenvalue weighted by atomic mass is 10.3. The number of carbonyl (C=O) groups excluding carboxylic acids is 2. The average Bonchev–Trinajstić information content (AvgIpc) is 3.03. The Morgan fingerprint density at radius 3 is 2.30 bits per heavy atom. The number of halogens is 2. The summed E-state index contributed by atoms with van der Waals surface area (Å²) in [5, 5.41) is 10.7. The molecule has 0 radical (unpaired) electrons. The van der Waals surface area contributed by atoms with Gasteiger partial charge in [-0.25, -0.2) is 8.42 Å². The molecule has 2 amide bonds. The van der Waals surface area contributed by atoms with E-state index in [4.69, 9.17) is 5.73 Å². The van der Waals surface area contributed by atoms with Gasteiger partial charge in [0.25, 0.3) is 21.8 Å². The van der Waals surface area contributed by atoms with Crippen molar-refractivity contribution in [3.63, 3.8) is 0 Å². The Morgan fingerprint density at radius 2 is 1.81 bits per heavy atom. The molecule has 8 nitrogen and oxygen atoms in total. The number of hydrogen-bond acceptors (Lipinski definition) is 7. The normalized spacial score (nSPS) is 12.6. The number of sulfonamides is 1. The van der Waals surface area contributed by atoms with Crippen molar-refractivity contribution in [2.24, 2.45) is 5.73 Å². The molecule has 0 bridgehead atoms. The molecule has 2 rings (SSSR count). The van der Waals surface area contributed by atoms with Gasteiger partial charge >= 0.3 is 6.61 Å². The first-order valence-electron chi connectivity index (χ1n) is 7.25. The van der Waals surface area contributed by atoms with Crippen molar-refractivity contribution in [3.05, 3.63) is 41.3 Å². The molecule has 146 valence electrons. The number of nitrogens with two attached hydrogens (primary N) is 1. The SMILES string of the molecule is CC(O)C(=O)N(c1sccc1C(N)=O)S(=O)(=O)c1ccc(OC(F)F)cc1. The van der Waals surface area contributed by atoms with Crippen molar-refractivity contribution in [2.75, 3.05) is 4.31 Å². The number of rotatable bonds is 7. The second kappa shape index (κ2) is 7.98. The van der Waals surface area contributed by atoms with Gasteiger partial charge in [0, 0.05) is 0 Å². The summed E-state index contributed by atoms with van der Waals surface area (Å²) in [5.41, 5.74) is 4.98. The molecule has 0 fully saturated rings. The molecule has 1 aromatic carbocycles. The number of nitrogens with zero attached hydrogens (tertiary/aromatic N) is 1. The van der Waals surface area contributed by atoms with Crippen LogP contribution >= 0.6 is 11.3 Å². The third kappa shape index (κ3) is 4.40. The first-order chi connectivity index (χ1) is 12.6. The Balaban J connectivity index is 2.56. The summed E-state index contributed by atoms with van der Waals surface area (Å²) < 4.78 is 54.7. The first-order valence-corrected chi connectivity index (χ1v) is 9.57. The molecule has 1 atom stereocenters. The van der Waals surface area contributed by atoms with Crippen LogP contribution in [0.15, 0.2) is 40.6 Å². The van der Waals surface area contributed by atoms with Gasteiger partial charge in [0.05, 0.1) is 10.5 Å². The number of alkyl halides is 2. The lowest BCUT2D eigenvalue weighted by molar-refractivity contribution is -0.124. The summed E-state index contributed by atoms with van der Waals surface area (Å²) in [5.74, 6) is -2.47. The Labute approximate surface area is 156 Å². The molecule has 0 aliphatic heterocycles. The zero-order valence-corrected chi connectivity index (χ0v) is 15.3. The molecule has 2 aromatic rings. The summed E-state index contributed by atoms with van der Waals surface area (Å²) >= 11 is 0.755. The van der Waals surface area contributed by atoms with E-state index in [9.17, 15) is 31.9 Å². The van der Waals surface area contributed by atoms with Gasteiger partial charge in [-0.15, -0.1) is 11.3 Å². The van der Waals surface area contributed by atoms with Crippen LogP contribution < -0.4 is 14.8 Å². The highest BCUT2D eigenvalue weighted by Crippen LogP contribution is 2.33. The molecule has 0 aliphatic carbocycles. The van der Waals surface area contributed by atoms with Crippen molar-refractivity contribution in [2.45, 2.75) is 24.5 Å². The molecular weight excluding hydrogens is 406 g/mol. The largest absolute Gasteiger partial charge is 0.435 e. The lowest BCUT2D eigenvalue weighted by Crippen LogP contribution is -2.42. The lowest BCUT2D eigenvalue weighted by Gasteiger charge is -2.23. The van der Waals surface area contributed by atoms with E-state index in [0.29, 0.717) is 0 Å². The highest BCUT2D eigenvalue weighted by atomic mass is 32.2. The number of aliphatic hydroxyl groups is 1. The number of amides is 2. The van der Waals surface area contributed by atoms with Crippen molar-refractivity contribution < 1.29 is 36.6 Å². The number of anilines is 1. The number of benzene rings is 1. The monoisotopic (exact) mass is 420 g/mol. The molecule has 1 aromatic heterocycles. The van der Waals surface area contributed by atoms with Gasteiger partial charge in [0.1, 0.15) is 16.9 Å².